The number of amides is 1. The average molecular weight is 525 g/mol. The van der Waals surface area contributed by atoms with Gasteiger partial charge in [-0.25, -0.2) is 0 Å². The van der Waals surface area contributed by atoms with Gasteiger partial charge in [0.25, 0.3) is 5.91 Å². The molecule has 0 bridgehead atoms. The molecule has 8 heteroatoms. The zero-order valence-electron chi connectivity index (χ0n) is 21.9. The standard InChI is InChI=1S/C29H36N2O5S/c1-29(9-5-4-6-10-29)22-16-19(7-8-23(22)32)20-15-21(26(35-3)24(17-20)34-2)18-25-27(33)30-28(37-25)31-11-13-36-14-12-31/h7-8,15-17,25,32H,4-6,9-14,18H2,1-3H3. The number of hydrogen-bond donors (Lipinski definition) is 1. The molecule has 2 heterocycles. The van der Waals surface area contributed by atoms with E-state index in [2.05, 4.69) is 28.9 Å². The van der Waals surface area contributed by atoms with Crippen molar-refractivity contribution in [2.75, 3.05) is 40.5 Å². The minimum absolute atomic E-state index is 0.0299. The summed E-state index contributed by atoms with van der Waals surface area (Å²) in [6.07, 6.45) is 6.26. The second kappa shape index (κ2) is 11.0. The lowest BCUT2D eigenvalue weighted by atomic mass is 9.70. The third-order valence-electron chi connectivity index (χ3n) is 7.91. The summed E-state index contributed by atoms with van der Waals surface area (Å²) in [6, 6.07) is 9.94. The van der Waals surface area contributed by atoms with Crippen LogP contribution in [0.5, 0.6) is 17.2 Å². The molecule has 37 heavy (non-hydrogen) atoms. The molecule has 1 unspecified atom stereocenters. The maximum Gasteiger partial charge on any atom is 0.262 e. The largest absolute Gasteiger partial charge is 0.508 e. The summed E-state index contributed by atoms with van der Waals surface area (Å²) in [6.45, 7) is 5.07. The van der Waals surface area contributed by atoms with Gasteiger partial charge in [-0.1, -0.05) is 44.0 Å². The zero-order chi connectivity index (χ0) is 26.0. The molecule has 2 aromatic carbocycles. The number of hydrogen-bond acceptors (Lipinski definition) is 7. The lowest BCUT2D eigenvalue weighted by Gasteiger charge is -2.35. The van der Waals surface area contributed by atoms with E-state index < -0.39 is 0 Å². The van der Waals surface area contributed by atoms with E-state index in [0.29, 0.717) is 36.9 Å². The van der Waals surface area contributed by atoms with E-state index in [1.54, 1.807) is 20.3 Å². The van der Waals surface area contributed by atoms with Gasteiger partial charge >= 0.3 is 0 Å². The Balaban J connectivity index is 1.45. The molecule has 5 rings (SSSR count). The Labute approximate surface area is 223 Å². The number of thioether (sulfide) groups is 1. The number of ether oxygens (including phenoxy) is 3. The molecule has 0 radical (unpaired) electrons. The first-order valence-electron chi connectivity index (χ1n) is 13.1. The van der Waals surface area contributed by atoms with Crippen LogP contribution in [0.25, 0.3) is 11.1 Å². The molecular weight excluding hydrogens is 488 g/mol. The number of benzene rings is 2. The number of nitrogens with zero attached hydrogens (tertiary/aromatic N) is 2. The number of aromatic hydroxyl groups is 1. The van der Waals surface area contributed by atoms with E-state index in [1.165, 1.54) is 31.0 Å². The van der Waals surface area contributed by atoms with Gasteiger partial charge in [0, 0.05) is 24.2 Å². The van der Waals surface area contributed by atoms with Gasteiger partial charge in [0.05, 0.1) is 32.7 Å². The molecule has 1 aliphatic carbocycles. The highest BCUT2D eigenvalue weighted by Gasteiger charge is 2.34. The molecule has 2 fully saturated rings. The number of phenolic OH excluding ortho intramolecular Hbond substituents is 1. The van der Waals surface area contributed by atoms with E-state index >= 15 is 0 Å². The van der Waals surface area contributed by atoms with Crippen LogP contribution in [-0.2, 0) is 21.4 Å². The zero-order valence-corrected chi connectivity index (χ0v) is 22.7. The summed E-state index contributed by atoms with van der Waals surface area (Å²) >= 11 is 1.52. The quantitative estimate of drug-likeness (QED) is 0.558. The fraction of sp³-hybridized carbons (Fsp3) is 0.517. The van der Waals surface area contributed by atoms with Crippen LogP contribution in [-0.4, -0.2) is 66.9 Å². The van der Waals surface area contributed by atoms with E-state index in [0.717, 1.165) is 53.4 Å². The van der Waals surface area contributed by atoms with Crippen LogP contribution in [0.15, 0.2) is 35.3 Å². The Morgan fingerprint density at radius 3 is 2.54 bits per heavy atom. The van der Waals surface area contributed by atoms with Crippen LogP contribution < -0.4 is 9.47 Å². The average Bonchev–Trinajstić information content (AvgIpc) is 3.29. The molecule has 1 N–H and O–H groups in total. The van der Waals surface area contributed by atoms with Gasteiger partial charge in [-0.05, 0) is 60.1 Å². The van der Waals surface area contributed by atoms with Crippen LogP contribution in [0.2, 0.25) is 0 Å². The number of carbonyl (C=O) groups is 1. The number of rotatable bonds is 6. The molecule has 0 spiro atoms. The van der Waals surface area contributed by atoms with Crippen molar-refractivity contribution in [2.45, 2.75) is 56.1 Å². The van der Waals surface area contributed by atoms with E-state index in [-0.39, 0.29) is 16.6 Å². The molecular formula is C29H36N2O5S. The Kier molecular flexibility index (Phi) is 7.67. The fourth-order valence-electron chi connectivity index (χ4n) is 5.76. The van der Waals surface area contributed by atoms with Crippen LogP contribution >= 0.6 is 11.8 Å². The highest BCUT2D eigenvalue weighted by molar-refractivity contribution is 8.15. The van der Waals surface area contributed by atoms with Crippen molar-refractivity contribution in [1.82, 2.24) is 4.90 Å². The lowest BCUT2D eigenvalue weighted by molar-refractivity contribution is -0.117. The van der Waals surface area contributed by atoms with Crippen LogP contribution in [0, 0.1) is 0 Å². The molecule has 0 aromatic heterocycles. The Bertz CT molecular complexity index is 1190. The van der Waals surface area contributed by atoms with Crippen molar-refractivity contribution in [2.24, 2.45) is 4.99 Å². The van der Waals surface area contributed by atoms with E-state index in [9.17, 15) is 9.90 Å². The first kappa shape index (κ1) is 25.9. The summed E-state index contributed by atoms with van der Waals surface area (Å²) in [5.74, 6) is 1.50. The summed E-state index contributed by atoms with van der Waals surface area (Å²) in [5.41, 5.74) is 3.86. The number of morpholine rings is 1. The molecule has 1 amide bonds. The topological polar surface area (TPSA) is 80.6 Å². The summed E-state index contributed by atoms with van der Waals surface area (Å²) in [4.78, 5) is 19.4. The molecule has 1 saturated heterocycles. The van der Waals surface area contributed by atoms with Gasteiger partial charge in [-0.15, -0.1) is 0 Å². The first-order valence-corrected chi connectivity index (χ1v) is 14.0. The summed E-state index contributed by atoms with van der Waals surface area (Å²) in [7, 11) is 3.26. The SMILES string of the molecule is COc1cc(-c2ccc(O)c(C3(C)CCCCC3)c2)cc(CC2SC(N3CCOCC3)=NC2=O)c1OC. The molecule has 2 aliphatic heterocycles. The first-order chi connectivity index (χ1) is 17.9. The number of carbonyl (C=O) groups excluding carboxylic acids is 1. The number of phenols is 1. The van der Waals surface area contributed by atoms with Crippen molar-refractivity contribution in [3.05, 3.63) is 41.5 Å². The van der Waals surface area contributed by atoms with Gasteiger partial charge in [-0.3, -0.25) is 4.79 Å². The van der Waals surface area contributed by atoms with E-state index in [1.807, 2.05) is 12.1 Å². The third-order valence-corrected chi connectivity index (χ3v) is 9.12. The van der Waals surface area contributed by atoms with Crippen molar-refractivity contribution in [1.29, 1.82) is 0 Å². The molecule has 198 valence electrons. The maximum absolute atomic E-state index is 12.9. The minimum Gasteiger partial charge on any atom is -0.508 e. The van der Waals surface area contributed by atoms with Gasteiger partial charge in [0.1, 0.15) is 5.75 Å². The maximum atomic E-state index is 12.9. The van der Waals surface area contributed by atoms with Gasteiger partial charge in [0.2, 0.25) is 0 Å². The highest BCUT2D eigenvalue weighted by Crippen LogP contribution is 2.45. The fourth-order valence-corrected chi connectivity index (χ4v) is 6.91. The van der Waals surface area contributed by atoms with Gasteiger partial charge in [0.15, 0.2) is 16.7 Å². The van der Waals surface area contributed by atoms with Crippen LogP contribution in [0.3, 0.4) is 0 Å². The second-order valence-electron chi connectivity index (χ2n) is 10.4. The lowest BCUT2D eigenvalue weighted by Crippen LogP contribution is -2.39. The smallest absolute Gasteiger partial charge is 0.262 e. The molecule has 7 nitrogen and oxygen atoms in total. The Hall–Kier alpha value is -2.71. The van der Waals surface area contributed by atoms with Crippen LogP contribution in [0.4, 0.5) is 0 Å². The molecule has 1 saturated carbocycles. The van der Waals surface area contributed by atoms with Crippen molar-refractivity contribution in [3.8, 4) is 28.4 Å². The number of aliphatic imine (C=N–C) groups is 1. The normalized spacial score (nSPS) is 21.6. The predicted octanol–water partition coefficient (Wildman–Crippen LogP) is 5.17. The summed E-state index contributed by atoms with van der Waals surface area (Å²) in [5, 5.41) is 11.2. The minimum atomic E-state index is -0.316. The molecule has 2 aromatic rings. The second-order valence-corrected chi connectivity index (χ2v) is 11.5. The highest BCUT2D eigenvalue weighted by atomic mass is 32.2. The van der Waals surface area contributed by atoms with Crippen molar-refractivity contribution < 1.29 is 24.1 Å². The van der Waals surface area contributed by atoms with Crippen LogP contribution in [0.1, 0.15) is 50.2 Å². The summed E-state index contributed by atoms with van der Waals surface area (Å²) < 4.78 is 16.9. The molecule has 1 atom stereocenters. The number of methoxy groups -OCH3 is 2. The van der Waals surface area contributed by atoms with E-state index in [4.69, 9.17) is 14.2 Å². The monoisotopic (exact) mass is 524 g/mol. The van der Waals surface area contributed by atoms with Crippen molar-refractivity contribution in [3.63, 3.8) is 0 Å². The van der Waals surface area contributed by atoms with Gasteiger partial charge in [-0.2, -0.15) is 4.99 Å². The Morgan fingerprint density at radius 2 is 1.84 bits per heavy atom. The van der Waals surface area contributed by atoms with Gasteiger partial charge < -0.3 is 24.2 Å². The number of amidine groups is 1. The Morgan fingerprint density at radius 1 is 1.08 bits per heavy atom. The third kappa shape index (κ3) is 5.32. The molecule has 3 aliphatic rings. The van der Waals surface area contributed by atoms with Crippen molar-refractivity contribution >= 4 is 22.8 Å². The predicted molar refractivity (Wildman–Crippen MR) is 147 cm³/mol.